The number of ketones is 1. The van der Waals surface area contributed by atoms with Gasteiger partial charge in [-0.2, -0.15) is 0 Å². The number of hydrogen-bond acceptors (Lipinski definition) is 5. The average Bonchev–Trinajstić information content (AvgIpc) is 3.10. The van der Waals surface area contributed by atoms with E-state index in [0.717, 1.165) is 24.9 Å². The SMILES string of the molecule is CC(=O)c1nc(-c2cccc(CN[C@H]3CCc4ccccc43)c2)cnc1N. The Hall–Kier alpha value is -3.05. The number of nitrogens with two attached hydrogens (primary N) is 1. The van der Waals surface area contributed by atoms with Gasteiger partial charge in [0, 0.05) is 25.1 Å². The molecule has 0 saturated heterocycles. The number of benzene rings is 2. The van der Waals surface area contributed by atoms with Gasteiger partial charge in [-0.1, -0.05) is 42.5 Å². The van der Waals surface area contributed by atoms with Crippen molar-refractivity contribution in [3.8, 4) is 11.3 Å². The molecule has 0 aliphatic heterocycles. The Morgan fingerprint density at radius 3 is 2.93 bits per heavy atom. The number of nitrogen functional groups attached to an aromatic ring is 1. The zero-order chi connectivity index (χ0) is 18.8. The lowest BCUT2D eigenvalue weighted by Gasteiger charge is -2.14. The predicted molar refractivity (Wildman–Crippen MR) is 106 cm³/mol. The van der Waals surface area contributed by atoms with Gasteiger partial charge in [0.2, 0.25) is 0 Å². The fraction of sp³-hybridized carbons (Fsp3) is 0.227. The molecule has 2 aromatic carbocycles. The summed E-state index contributed by atoms with van der Waals surface area (Å²) in [5.74, 6) is -0.0106. The second-order valence-corrected chi connectivity index (χ2v) is 6.92. The molecule has 1 heterocycles. The summed E-state index contributed by atoms with van der Waals surface area (Å²) >= 11 is 0. The van der Waals surface area contributed by atoms with Crippen LogP contribution in [0.5, 0.6) is 0 Å². The van der Waals surface area contributed by atoms with Crippen LogP contribution in [0, 0.1) is 0 Å². The molecule has 0 radical (unpaired) electrons. The van der Waals surface area contributed by atoms with Crippen LogP contribution in [-0.4, -0.2) is 15.8 Å². The largest absolute Gasteiger partial charge is 0.382 e. The summed E-state index contributed by atoms with van der Waals surface area (Å²) in [6, 6.07) is 17.2. The highest BCUT2D eigenvalue weighted by Gasteiger charge is 2.21. The maximum atomic E-state index is 11.7. The summed E-state index contributed by atoms with van der Waals surface area (Å²) in [5, 5.41) is 3.66. The molecule has 3 aromatic rings. The normalized spacial score (nSPS) is 15.5. The zero-order valence-corrected chi connectivity index (χ0v) is 15.3. The lowest BCUT2D eigenvalue weighted by molar-refractivity contribution is 0.101. The Balaban J connectivity index is 1.52. The molecule has 0 amide bonds. The van der Waals surface area contributed by atoms with Crippen molar-refractivity contribution in [2.75, 3.05) is 5.73 Å². The Kier molecular flexibility index (Phi) is 4.69. The predicted octanol–water partition coefficient (Wildman–Crippen LogP) is 3.71. The second-order valence-electron chi connectivity index (χ2n) is 6.92. The molecule has 0 spiro atoms. The molecule has 27 heavy (non-hydrogen) atoms. The zero-order valence-electron chi connectivity index (χ0n) is 15.3. The van der Waals surface area contributed by atoms with Crippen molar-refractivity contribution < 1.29 is 4.79 Å². The molecule has 1 atom stereocenters. The highest BCUT2D eigenvalue weighted by Crippen LogP contribution is 2.31. The molecule has 1 aliphatic carbocycles. The first kappa shape index (κ1) is 17.4. The Labute approximate surface area is 158 Å². The number of aromatic nitrogens is 2. The number of fused-ring (bicyclic) bond motifs is 1. The van der Waals surface area contributed by atoms with Crippen LogP contribution < -0.4 is 11.1 Å². The molecule has 0 unspecified atom stereocenters. The number of carbonyl (C=O) groups excluding carboxylic acids is 1. The molecule has 5 heteroatoms. The van der Waals surface area contributed by atoms with Gasteiger partial charge in [0.25, 0.3) is 0 Å². The van der Waals surface area contributed by atoms with E-state index in [4.69, 9.17) is 5.73 Å². The van der Waals surface area contributed by atoms with E-state index in [1.807, 2.05) is 12.1 Å². The van der Waals surface area contributed by atoms with Crippen molar-refractivity contribution in [1.82, 2.24) is 15.3 Å². The minimum Gasteiger partial charge on any atom is -0.382 e. The van der Waals surface area contributed by atoms with E-state index < -0.39 is 0 Å². The lowest BCUT2D eigenvalue weighted by Crippen LogP contribution is -2.18. The highest BCUT2D eigenvalue weighted by molar-refractivity contribution is 5.96. The number of aryl methyl sites for hydroxylation is 1. The van der Waals surface area contributed by atoms with Crippen molar-refractivity contribution >= 4 is 11.6 Å². The van der Waals surface area contributed by atoms with Crippen molar-refractivity contribution in [3.05, 3.63) is 77.1 Å². The first-order chi connectivity index (χ1) is 13.1. The van der Waals surface area contributed by atoms with Crippen LogP contribution >= 0.6 is 0 Å². The first-order valence-corrected chi connectivity index (χ1v) is 9.16. The van der Waals surface area contributed by atoms with Crippen molar-refractivity contribution in [2.24, 2.45) is 0 Å². The van der Waals surface area contributed by atoms with Gasteiger partial charge >= 0.3 is 0 Å². The maximum Gasteiger partial charge on any atom is 0.181 e. The molecule has 136 valence electrons. The number of nitrogens with one attached hydrogen (secondary N) is 1. The summed E-state index contributed by atoms with van der Waals surface area (Å²) in [4.78, 5) is 20.2. The van der Waals surface area contributed by atoms with Crippen LogP contribution in [0.1, 0.15) is 46.6 Å². The molecule has 0 fully saturated rings. The maximum absolute atomic E-state index is 11.7. The van der Waals surface area contributed by atoms with Gasteiger partial charge in [-0.3, -0.25) is 4.79 Å². The topological polar surface area (TPSA) is 80.9 Å². The standard InChI is InChI=1S/C22H22N4O/c1-14(27)21-22(23)25-13-20(26-21)17-7-4-5-15(11-17)12-24-19-10-9-16-6-2-3-8-18(16)19/h2-8,11,13,19,24H,9-10,12H2,1H3,(H2,23,25)/t19-/m0/s1. The van der Waals surface area contributed by atoms with Crippen LogP contribution in [0.2, 0.25) is 0 Å². The van der Waals surface area contributed by atoms with Gasteiger partial charge in [0.05, 0.1) is 11.9 Å². The molecular weight excluding hydrogens is 336 g/mol. The van der Waals surface area contributed by atoms with E-state index in [1.54, 1.807) is 6.20 Å². The molecule has 1 aromatic heterocycles. The fourth-order valence-electron chi connectivity index (χ4n) is 3.65. The van der Waals surface area contributed by atoms with Crippen LogP contribution in [0.15, 0.2) is 54.7 Å². The van der Waals surface area contributed by atoms with Crippen LogP contribution in [0.25, 0.3) is 11.3 Å². The van der Waals surface area contributed by atoms with Crippen molar-refractivity contribution in [1.29, 1.82) is 0 Å². The van der Waals surface area contributed by atoms with E-state index in [2.05, 4.69) is 51.7 Å². The number of nitrogens with zero attached hydrogens (tertiary/aromatic N) is 2. The smallest absolute Gasteiger partial charge is 0.181 e. The molecular formula is C22H22N4O. The third-order valence-electron chi connectivity index (χ3n) is 5.04. The van der Waals surface area contributed by atoms with Gasteiger partial charge in [-0.15, -0.1) is 0 Å². The number of Topliss-reactive ketones (excluding diaryl/α,β-unsaturated/α-hetero) is 1. The summed E-state index contributed by atoms with van der Waals surface area (Å²) in [6.45, 7) is 2.22. The Bertz CT molecular complexity index is 999. The molecule has 0 saturated carbocycles. The Morgan fingerprint density at radius 2 is 2.07 bits per heavy atom. The highest BCUT2D eigenvalue weighted by atomic mass is 16.1. The van der Waals surface area contributed by atoms with E-state index in [0.29, 0.717) is 11.7 Å². The minimum atomic E-state index is -0.181. The van der Waals surface area contributed by atoms with E-state index in [1.165, 1.54) is 23.6 Å². The number of hydrogen-bond donors (Lipinski definition) is 2. The van der Waals surface area contributed by atoms with Gasteiger partial charge in [0.1, 0.15) is 5.69 Å². The monoisotopic (exact) mass is 358 g/mol. The van der Waals surface area contributed by atoms with Crippen LogP contribution in [0.3, 0.4) is 0 Å². The van der Waals surface area contributed by atoms with Crippen LogP contribution in [-0.2, 0) is 13.0 Å². The van der Waals surface area contributed by atoms with Gasteiger partial charge in [-0.05, 0) is 35.6 Å². The summed E-state index contributed by atoms with van der Waals surface area (Å²) in [5.41, 5.74) is 11.6. The summed E-state index contributed by atoms with van der Waals surface area (Å²) in [6.07, 6.45) is 3.87. The lowest BCUT2D eigenvalue weighted by atomic mass is 10.1. The molecule has 3 N–H and O–H groups in total. The molecule has 1 aliphatic rings. The summed E-state index contributed by atoms with van der Waals surface area (Å²) < 4.78 is 0. The third kappa shape index (κ3) is 3.59. The molecule has 0 bridgehead atoms. The quantitative estimate of drug-likeness (QED) is 0.680. The van der Waals surface area contributed by atoms with Gasteiger partial charge in [-0.25, -0.2) is 9.97 Å². The van der Waals surface area contributed by atoms with Crippen molar-refractivity contribution in [3.63, 3.8) is 0 Å². The van der Waals surface area contributed by atoms with Crippen molar-refractivity contribution in [2.45, 2.75) is 32.4 Å². The molecule has 5 nitrogen and oxygen atoms in total. The van der Waals surface area contributed by atoms with E-state index in [-0.39, 0.29) is 17.3 Å². The third-order valence-corrected chi connectivity index (χ3v) is 5.04. The van der Waals surface area contributed by atoms with Crippen LogP contribution in [0.4, 0.5) is 5.82 Å². The van der Waals surface area contributed by atoms with Gasteiger partial charge < -0.3 is 11.1 Å². The molecule has 4 rings (SSSR count). The minimum absolute atomic E-state index is 0.170. The second kappa shape index (κ2) is 7.29. The van der Waals surface area contributed by atoms with E-state index in [9.17, 15) is 4.79 Å². The fourth-order valence-corrected chi connectivity index (χ4v) is 3.65. The Morgan fingerprint density at radius 1 is 1.22 bits per heavy atom. The number of carbonyl (C=O) groups is 1. The number of rotatable bonds is 5. The number of anilines is 1. The average molecular weight is 358 g/mol. The van der Waals surface area contributed by atoms with E-state index >= 15 is 0 Å². The first-order valence-electron chi connectivity index (χ1n) is 9.16. The summed E-state index contributed by atoms with van der Waals surface area (Å²) in [7, 11) is 0. The van der Waals surface area contributed by atoms with Gasteiger partial charge in [0.15, 0.2) is 11.6 Å².